The number of carbonyl (C=O) groups is 3. The van der Waals surface area contributed by atoms with Gasteiger partial charge in [0.1, 0.15) is 6.04 Å². The van der Waals surface area contributed by atoms with Crippen LogP contribution in [0.25, 0.3) is 10.9 Å². The van der Waals surface area contributed by atoms with Crippen LogP contribution in [0.4, 0.5) is 0 Å². The number of benzene rings is 2. The Hall–Kier alpha value is -3.69. The summed E-state index contributed by atoms with van der Waals surface area (Å²) in [6, 6.07) is 15.7. The van der Waals surface area contributed by atoms with Crippen molar-refractivity contribution >= 4 is 28.6 Å². The monoisotopic (exact) mass is 623 g/mol. The zero-order valence-corrected chi connectivity index (χ0v) is 27.3. The highest BCUT2D eigenvalue weighted by molar-refractivity contribution is 5.98. The maximum absolute atomic E-state index is 14.9. The lowest BCUT2D eigenvalue weighted by Crippen LogP contribution is -2.70. The molecule has 46 heavy (non-hydrogen) atoms. The summed E-state index contributed by atoms with van der Waals surface area (Å²) >= 11 is 0. The van der Waals surface area contributed by atoms with E-state index < -0.39 is 17.5 Å². The predicted molar refractivity (Wildman–Crippen MR) is 175 cm³/mol. The van der Waals surface area contributed by atoms with Gasteiger partial charge in [-0.3, -0.25) is 19.3 Å². The average Bonchev–Trinajstić information content (AvgIpc) is 3.78. The van der Waals surface area contributed by atoms with Gasteiger partial charge in [-0.1, -0.05) is 56.3 Å². The van der Waals surface area contributed by atoms with Gasteiger partial charge in [-0.2, -0.15) is 0 Å². The Morgan fingerprint density at radius 3 is 2.74 bits per heavy atom. The molecule has 9 nitrogen and oxygen atoms in total. The molecule has 5 heterocycles. The number of hydrogen-bond acceptors (Lipinski definition) is 5. The first kappa shape index (κ1) is 29.7. The molecule has 4 saturated heterocycles. The number of piperidine rings is 1. The van der Waals surface area contributed by atoms with Crippen LogP contribution in [-0.2, 0) is 32.0 Å². The van der Waals surface area contributed by atoms with Gasteiger partial charge in [-0.15, -0.1) is 0 Å². The topological polar surface area (TPSA) is 98.0 Å². The highest BCUT2D eigenvalue weighted by Crippen LogP contribution is 2.50. The van der Waals surface area contributed by atoms with Gasteiger partial charge in [0, 0.05) is 54.5 Å². The molecule has 9 heteroatoms. The van der Waals surface area contributed by atoms with Crippen molar-refractivity contribution in [2.75, 3.05) is 20.1 Å². The van der Waals surface area contributed by atoms with Gasteiger partial charge in [0.25, 0.3) is 5.91 Å². The molecule has 4 aliphatic heterocycles. The molecule has 242 valence electrons. The number of ether oxygens (including phenoxy) is 1. The number of rotatable bonds is 6. The molecule has 2 aromatic carbocycles. The molecule has 8 atom stereocenters. The van der Waals surface area contributed by atoms with Gasteiger partial charge in [0.05, 0.1) is 12.0 Å². The van der Waals surface area contributed by atoms with Crippen LogP contribution in [0.15, 0.2) is 54.7 Å². The zero-order valence-electron chi connectivity index (χ0n) is 27.3. The van der Waals surface area contributed by atoms with Crippen molar-refractivity contribution in [1.29, 1.82) is 0 Å². The summed E-state index contributed by atoms with van der Waals surface area (Å²) in [6.07, 6.45) is 6.46. The maximum atomic E-state index is 14.9. The normalized spacial score (nSPS) is 34.4. The standard InChI is InChI=1S/C37H45N5O4/c1-5-22(2)37(39-33(43)25-18-27-26-13-9-14-28-32(26)24(20-38-28)19-29(27)40(4)21-25)35(45)42-30(17-23-11-7-6-8-12-23)34(44)41-16-10-15-31(41)36(42,3)46-37/h6-9,11-14,20,22,25,27,29-31,38H,5,10,15-19,21H2,1-4H3,(H,39,43)/t22?,25-,27-,29-,30+,31+,36+,37+/m1/s1. The fourth-order valence-corrected chi connectivity index (χ4v) is 9.60. The van der Waals surface area contributed by atoms with Crippen molar-refractivity contribution in [3.8, 4) is 0 Å². The molecule has 1 aromatic heterocycles. The van der Waals surface area contributed by atoms with Crippen LogP contribution in [0.5, 0.6) is 0 Å². The number of hydrogen-bond donors (Lipinski definition) is 2. The molecule has 5 aliphatic rings. The van der Waals surface area contributed by atoms with Crippen LogP contribution in [0.2, 0.25) is 0 Å². The van der Waals surface area contributed by atoms with E-state index in [1.807, 2.05) is 56.0 Å². The number of aromatic amines is 1. The highest BCUT2D eigenvalue weighted by atomic mass is 16.6. The lowest BCUT2D eigenvalue weighted by atomic mass is 9.72. The summed E-state index contributed by atoms with van der Waals surface area (Å²) in [5.74, 6) is -0.862. The van der Waals surface area contributed by atoms with E-state index >= 15 is 0 Å². The Morgan fingerprint density at radius 2 is 1.96 bits per heavy atom. The molecule has 1 aliphatic carbocycles. The van der Waals surface area contributed by atoms with E-state index in [0.717, 1.165) is 30.3 Å². The number of piperazine rings is 1. The minimum absolute atomic E-state index is 0.0254. The fraction of sp³-hybridized carbons (Fsp3) is 0.541. The number of aromatic nitrogens is 1. The third-order valence-corrected chi connectivity index (χ3v) is 12.1. The Balaban J connectivity index is 1.13. The van der Waals surface area contributed by atoms with Gasteiger partial charge in [0.15, 0.2) is 5.72 Å². The average molecular weight is 624 g/mol. The number of likely N-dealkylation sites (tertiary alicyclic amines) is 1. The minimum Gasteiger partial charge on any atom is -0.361 e. The third kappa shape index (κ3) is 4.16. The number of amides is 3. The predicted octanol–water partition coefficient (Wildman–Crippen LogP) is 4.18. The molecular weight excluding hydrogens is 578 g/mol. The van der Waals surface area contributed by atoms with E-state index in [9.17, 15) is 14.4 Å². The van der Waals surface area contributed by atoms with Crippen LogP contribution in [0.3, 0.4) is 0 Å². The first-order valence-electron chi connectivity index (χ1n) is 17.2. The molecule has 3 aromatic rings. The second-order valence-corrected chi connectivity index (χ2v) is 14.6. The summed E-state index contributed by atoms with van der Waals surface area (Å²) in [5.41, 5.74) is 2.18. The molecule has 2 N–H and O–H groups in total. The van der Waals surface area contributed by atoms with Gasteiger partial charge < -0.3 is 24.8 Å². The van der Waals surface area contributed by atoms with Gasteiger partial charge >= 0.3 is 0 Å². The second kappa shape index (κ2) is 10.7. The number of fused-ring (bicyclic) bond motifs is 5. The van der Waals surface area contributed by atoms with Crippen molar-refractivity contribution in [3.05, 3.63) is 71.4 Å². The molecule has 3 amide bonds. The molecule has 0 bridgehead atoms. The van der Waals surface area contributed by atoms with Crippen molar-refractivity contribution in [3.63, 3.8) is 0 Å². The molecule has 0 radical (unpaired) electrons. The van der Waals surface area contributed by atoms with E-state index in [1.54, 1.807) is 4.90 Å². The van der Waals surface area contributed by atoms with Crippen molar-refractivity contribution in [1.82, 2.24) is 25.0 Å². The van der Waals surface area contributed by atoms with Gasteiger partial charge in [0.2, 0.25) is 17.5 Å². The smallest absolute Gasteiger partial charge is 0.279 e. The first-order valence-corrected chi connectivity index (χ1v) is 17.2. The highest BCUT2D eigenvalue weighted by Gasteiger charge is 2.70. The first-order chi connectivity index (χ1) is 22.2. The summed E-state index contributed by atoms with van der Waals surface area (Å²) in [4.78, 5) is 52.9. The summed E-state index contributed by atoms with van der Waals surface area (Å²) < 4.78 is 7.05. The van der Waals surface area contributed by atoms with Crippen LogP contribution in [0.1, 0.15) is 69.1 Å². The number of H-pyrrole nitrogens is 1. The molecule has 4 fully saturated rings. The minimum atomic E-state index is -1.55. The van der Waals surface area contributed by atoms with Crippen molar-refractivity contribution in [2.24, 2.45) is 11.8 Å². The number of likely N-dealkylation sites (N-methyl/N-ethyl adjacent to an activating group) is 1. The Kier molecular flexibility index (Phi) is 6.89. The van der Waals surface area contributed by atoms with Crippen molar-refractivity contribution in [2.45, 2.75) is 94.8 Å². The molecule has 0 saturated carbocycles. The molecule has 8 rings (SSSR count). The number of nitrogens with zero attached hydrogens (tertiary/aromatic N) is 3. The Morgan fingerprint density at radius 1 is 1.15 bits per heavy atom. The van der Waals surface area contributed by atoms with Crippen LogP contribution >= 0.6 is 0 Å². The van der Waals surface area contributed by atoms with E-state index in [0.29, 0.717) is 38.4 Å². The lowest BCUT2D eigenvalue weighted by Gasteiger charge is -2.50. The zero-order chi connectivity index (χ0) is 32.0. The molecule has 0 spiro atoms. The summed E-state index contributed by atoms with van der Waals surface area (Å²) in [5, 5.41) is 4.56. The molecule has 1 unspecified atom stereocenters. The van der Waals surface area contributed by atoms with E-state index in [2.05, 4.69) is 46.6 Å². The Bertz CT molecular complexity index is 1710. The van der Waals surface area contributed by atoms with E-state index in [4.69, 9.17) is 4.74 Å². The SMILES string of the molecule is CCC(C)[C@]1(NC(=O)[C@@H]2C[C@@H]3c4cccc5[nH]cc(c45)C[C@H]3N(C)C2)O[C@@]2(C)[C@@H]3CCCN3C(=O)[C@H](Cc3ccccc3)N2C1=O. The third-order valence-electron chi connectivity index (χ3n) is 12.1. The summed E-state index contributed by atoms with van der Waals surface area (Å²) in [6.45, 7) is 7.24. The quantitative estimate of drug-likeness (QED) is 0.430. The lowest BCUT2D eigenvalue weighted by molar-refractivity contribution is -0.213. The van der Waals surface area contributed by atoms with Gasteiger partial charge in [-0.05, 0) is 68.8 Å². The summed E-state index contributed by atoms with van der Waals surface area (Å²) in [7, 11) is 2.12. The van der Waals surface area contributed by atoms with Crippen LogP contribution < -0.4 is 5.32 Å². The maximum Gasteiger partial charge on any atom is 0.279 e. The second-order valence-electron chi connectivity index (χ2n) is 14.6. The van der Waals surface area contributed by atoms with Crippen LogP contribution in [0, 0.1) is 11.8 Å². The van der Waals surface area contributed by atoms with E-state index in [1.165, 1.54) is 16.5 Å². The number of carbonyl (C=O) groups excluding carboxylic acids is 3. The fourth-order valence-electron chi connectivity index (χ4n) is 9.60. The largest absolute Gasteiger partial charge is 0.361 e. The Labute approximate surface area is 270 Å². The van der Waals surface area contributed by atoms with Gasteiger partial charge in [-0.25, -0.2) is 0 Å². The number of nitrogens with one attached hydrogen (secondary N) is 2. The van der Waals surface area contributed by atoms with Crippen LogP contribution in [-0.4, -0.2) is 87.1 Å². The van der Waals surface area contributed by atoms with E-state index in [-0.39, 0.29) is 41.5 Å². The van der Waals surface area contributed by atoms with Crippen molar-refractivity contribution < 1.29 is 19.1 Å². The molecular formula is C37H45N5O4.